The van der Waals surface area contributed by atoms with E-state index in [1.54, 1.807) is 30.5 Å². The predicted octanol–water partition coefficient (Wildman–Crippen LogP) is 4.85. The lowest BCUT2D eigenvalue weighted by atomic mass is 10.2. The van der Waals surface area contributed by atoms with Crippen LogP contribution in [0.1, 0.15) is 47.4 Å². The van der Waals surface area contributed by atoms with Crippen LogP contribution in [0.2, 0.25) is 5.02 Å². The first-order chi connectivity index (χ1) is 11.9. The number of fused-ring (bicyclic) bond motifs is 1. The summed E-state index contributed by atoms with van der Waals surface area (Å²) in [6.45, 7) is 8.37. The van der Waals surface area contributed by atoms with Gasteiger partial charge in [-0.15, -0.1) is 0 Å². The monoisotopic (exact) mass is 357 g/mol. The van der Waals surface area contributed by atoms with Gasteiger partial charge in [-0.1, -0.05) is 11.6 Å². The lowest BCUT2D eigenvalue weighted by molar-refractivity contribution is 0.0929. The SMILES string of the molecule is Cc1cc(/C=N/NC(=O)c2cc3cc(Cl)ccc3o2)c(C)n1C(C)C. The van der Waals surface area contributed by atoms with Crippen molar-refractivity contribution < 1.29 is 9.21 Å². The fourth-order valence-electron chi connectivity index (χ4n) is 3.07. The summed E-state index contributed by atoms with van der Waals surface area (Å²) in [4.78, 5) is 12.2. The van der Waals surface area contributed by atoms with Crippen molar-refractivity contribution >= 4 is 34.7 Å². The molecule has 2 heterocycles. The molecule has 0 saturated heterocycles. The molecule has 0 radical (unpaired) electrons. The highest BCUT2D eigenvalue weighted by Crippen LogP contribution is 2.23. The maximum Gasteiger partial charge on any atom is 0.307 e. The van der Waals surface area contributed by atoms with Gasteiger partial charge < -0.3 is 8.98 Å². The number of hydrazone groups is 1. The number of aryl methyl sites for hydroxylation is 1. The van der Waals surface area contributed by atoms with Crippen molar-refractivity contribution in [3.05, 3.63) is 58.1 Å². The van der Waals surface area contributed by atoms with Crippen LogP contribution in [-0.2, 0) is 0 Å². The molecule has 3 rings (SSSR count). The van der Waals surface area contributed by atoms with Gasteiger partial charge in [-0.05, 0) is 58.0 Å². The van der Waals surface area contributed by atoms with E-state index in [-0.39, 0.29) is 5.76 Å². The predicted molar refractivity (Wildman–Crippen MR) is 101 cm³/mol. The summed E-state index contributed by atoms with van der Waals surface area (Å²) in [6.07, 6.45) is 1.65. The smallest absolute Gasteiger partial charge is 0.307 e. The number of benzene rings is 1. The molecule has 130 valence electrons. The Bertz CT molecular complexity index is 967. The summed E-state index contributed by atoms with van der Waals surface area (Å²) in [6, 6.07) is 9.28. The molecular weight excluding hydrogens is 338 g/mol. The lowest BCUT2D eigenvalue weighted by Gasteiger charge is -2.13. The van der Waals surface area contributed by atoms with Crippen LogP contribution in [0.25, 0.3) is 11.0 Å². The van der Waals surface area contributed by atoms with Crippen molar-refractivity contribution in [1.29, 1.82) is 0 Å². The summed E-state index contributed by atoms with van der Waals surface area (Å²) >= 11 is 5.94. The molecule has 3 aromatic rings. The summed E-state index contributed by atoms with van der Waals surface area (Å²) in [5.74, 6) is -0.205. The van der Waals surface area contributed by atoms with Crippen LogP contribution >= 0.6 is 11.6 Å². The van der Waals surface area contributed by atoms with Gasteiger partial charge >= 0.3 is 5.91 Å². The van der Waals surface area contributed by atoms with Gasteiger partial charge in [0.15, 0.2) is 5.76 Å². The number of hydrogen-bond acceptors (Lipinski definition) is 3. The summed E-state index contributed by atoms with van der Waals surface area (Å²) in [5, 5.41) is 5.43. The van der Waals surface area contributed by atoms with Crippen LogP contribution < -0.4 is 5.43 Å². The van der Waals surface area contributed by atoms with E-state index >= 15 is 0 Å². The Labute approximate surface area is 151 Å². The normalized spacial score (nSPS) is 11.8. The number of amides is 1. The zero-order valence-corrected chi connectivity index (χ0v) is 15.4. The topological polar surface area (TPSA) is 59.5 Å². The van der Waals surface area contributed by atoms with E-state index in [1.807, 2.05) is 13.0 Å². The van der Waals surface area contributed by atoms with E-state index in [2.05, 4.69) is 35.9 Å². The third-order valence-corrected chi connectivity index (χ3v) is 4.35. The van der Waals surface area contributed by atoms with Gasteiger partial charge in [0.2, 0.25) is 0 Å². The van der Waals surface area contributed by atoms with Crippen LogP contribution in [0.4, 0.5) is 0 Å². The highest BCUT2D eigenvalue weighted by molar-refractivity contribution is 6.31. The number of nitrogens with one attached hydrogen (secondary N) is 1. The molecular formula is C19H20ClN3O2. The average Bonchev–Trinajstić information content (AvgIpc) is 3.07. The largest absolute Gasteiger partial charge is 0.451 e. The van der Waals surface area contributed by atoms with Gasteiger partial charge in [0.05, 0.1) is 6.21 Å². The second-order valence-electron chi connectivity index (χ2n) is 6.28. The van der Waals surface area contributed by atoms with Crippen LogP contribution in [0.15, 0.2) is 39.9 Å². The van der Waals surface area contributed by atoms with Gasteiger partial charge in [0, 0.05) is 33.4 Å². The van der Waals surface area contributed by atoms with E-state index < -0.39 is 5.91 Å². The molecule has 1 aromatic carbocycles. The van der Waals surface area contributed by atoms with Crippen LogP contribution in [0, 0.1) is 13.8 Å². The van der Waals surface area contributed by atoms with Crippen molar-refractivity contribution in [3.8, 4) is 0 Å². The van der Waals surface area contributed by atoms with E-state index in [0.717, 1.165) is 22.3 Å². The molecule has 0 unspecified atom stereocenters. The number of carbonyl (C=O) groups is 1. The zero-order valence-electron chi connectivity index (χ0n) is 14.6. The molecule has 0 aliphatic rings. The molecule has 0 fully saturated rings. The Morgan fingerprint density at radius 2 is 2.04 bits per heavy atom. The first-order valence-electron chi connectivity index (χ1n) is 8.07. The Morgan fingerprint density at radius 3 is 2.72 bits per heavy atom. The maximum absolute atomic E-state index is 12.2. The van der Waals surface area contributed by atoms with Crippen molar-refractivity contribution in [2.45, 2.75) is 33.7 Å². The number of halogens is 1. The van der Waals surface area contributed by atoms with Crippen molar-refractivity contribution in [2.75, 3.05) is 0 Å². The van der Waals surface area contributed by atoms with Crippen LogP contribution in [-0.4, -0.2) is 16.7 Å². The molecule has 0 saturated carbocycles. The van der Waals surface area contributed by atoms with Gasteiger partial charge in [0.1, 0.15) is 5.58 Å². The fraction of sp³-hybridized carbons (Fsp3) is 0.263. The Morgan fingerprint density at radius 1 is 1.28 bits per heavy atom. The molecule has 0 atom stereocenters. The minimum absolute atomic E-state index is 0.196. The number of rotatable bonds is 4. The molecule has 2 aromatic heterocycles. The quantitative estimate of drug-likeness (QED) is 0.536. The Balaban J connectivity index is 1.75. The summed E-state index contributed by atoms with van der Waals surface area (Å²) in [7, 11) is 0. The lowest BCUT2D eigenvalue weighted by Crippen LogP contribution is -2.16. The van der Waals surface area contributed by atoms with Crippen molar-refractivity contribution in [3.63, 3.8) is 0 Å². The van der Waals surface area contributed by atoms with E-state index in [4.69, 9.17) is 16.0 Å². The molecule has 0 spiro atoms. The van der Waals surface area contributed by atoms with E-state index in [0.29, 0.717) is 16.6 Å². The molecule has 1 amide bonds. The van der Waals surface area contributed by atoms with E-state index in [9.17, 15) is 4.79 Å². The standard InChI is InChI=1S/C19H20ClN3O2/c1-11(2)23-12(3)7-15(13(23)4)10-21-22-19(24)18-9-14-8-16(20)5-6-17(14)25-18/h5-11H,1-4H3,(H,22,24)/b21-10+. The highest BCUT2D eigenvalue weighted by atomic mass is 35.5. The van der Waals surface area contributed by atoms with Crippen molar-refractivity contribution in [1.82, 2.24) is 9.99 Å². The average molecular weight is 358 g/mol. The number of aromatic nitrogens is 1. The third kappa shape index (κ3) is 3.46. The van der Waals surface area contributed by atoms with Crippen molar-refractivity contribution in [2.24, 2.45) is 5.10 Å². The fourth-order valence-corrected chi connectivity index (χ4v) is 3.25. The minimum Gasteiger partial charge on any atom is -0.451 e. The van der Waals surface area contributed by atoms with E-state index in [1.165, 1.54) is 0 Å². The second-order valence-corrected chi connectivity index (χ2v) is 6.72. The first kappa shape index (κ1) is 17.3. The third-order valence-electron chi connectivity index (χ3n) is 4.11. The first-order valence-corrected chi connectivity index (χ1v) is 8.45. The zero-order chi connectivity index (χ0) is 18.1. The molecule has 0 aliphatic heterocycles. The molecule has 1 N–H and O–H groups in total. The van der Waals surface area contributed by atoms with Gasteiger partial charge in [0.25, 0.3) is 0 Å². The molecule has 0 aliphatic carbocycles. The van der Waals surface area contributed by atoms with Gasteiger partial charge in [-0.3, -0.25) is 4.79 Å². The Hall–Kier alpha value is -2.53. The number of hydrogen-bond donors (Lipinski definition) is 1. The Kier molecular flexibility index (Phi) is 4.68. The maximum atomic E-state index is 12.2. The van der Waals surface area contributed by atoms with Gasteiger partial charge in [-0.2, -0.15) is 5.10 Å². The molecule has 5 nitrogen and oxygen atoms in total. The number of nitrogens with zero attached hydrogens (tertiary/aromatic N) is 2. The van der Waals surface area contributed by atoms with Crippen LogP contribution in [0.5, 0.6) is 0 Å². The second kappa shape index (κ2) is 6.76. The molecule has 6 heteroatoms. The molecule has 25 heavy (non-hydrogen) atoms. The number of furan rings is 1. The summed E-state index contributed by atoms with van der Waals surface area (Å²) < 4.78 is 7.75. The highest BCUT2D eigenvalue weighted by Gasteiger charge is 2.13. The summed E-state index contributed by atoms with van der Waals surface area (Å²) in [5.41, 5.74) is 6.36. The minimum atomic E-state index is -0.402. The van der Waals surface area contributed by atoms with Crippen LogP contribution in [0.3, 0.4) is 0 Å². The van der Waals surface area contributed by atoms with Gasteiger partial charge in [-0.25, -0.2) is 5.43 Å². The number of carbonyl (C=O) groups excluding carboxylic acids is 1. The molecule has 0 bridgehead atoms.